The molecule has 82 valence electrons. The van der Waals surface area contributed by atoms with E-state index in [9.17, 15) is 4.79 Å². The molecule has 0 aliphatic rings. The number of hydrogen-bond acceptors (Lipinski definition) is 1. The number of rotatable bonds is 5. The lowest BCUT2D eigenvalue weighted by molar-refractivity contribution is -0.136. The maximum Gasteiger partial charge on any atom is 0.307 e. The van der Waals surface area contributed by atoms with E-state index in [1.807, 2.05) is 25.1 Å². The van der Waals surface area contributed by atoms with Crippen molar-refractivity contribution in [3.05, 3.63) is 34.9 Å². The minimum absolute atomic E-state index is 0.129. The Morgan fingerprint density at radius 1 is 1.47 bits per heavy atom. The number of alkyl halides is 1. The molecule has 0 aliphatic heterocycles. The van der Waals surface area contributed by atoms with Crippen LogP contribution in [0.3, 0.4) is 0 Å². The number of halogens is 1. The second-order valence-electron chi connectivity index (χ2n) is 3.58. The van der Waals surface area contributed by atoms with Crippen LogP contribution in [0, 0.1) is 6.92 Å². The Bertz CT molecular complexity index is 347. The summed E-state index contributed by atoms with van der Waals surface area (Å²) in [5, 5.41) is 9.78. The summed E-state index contributed by atoms with van der Waals surface area (Å²) in [6.07, 6.45) is 2.11. The minimum atomic E-state index is -0.760. The molecule has 1 rings (SSSR count). The maximum absolute atomic E-state index is 10.7. The Hall–Kier alpha value is -0.830. The van der Waals surface area contributed by atoms with Gasteiger partial charge in [0.25, 0.3) is 0 Å². The predicted octanol–water partition coefficient (Wildman–Crippen LogP) is 2.95. The highest BCUT2D eigenvalue weighted by Gasteiger charge is 2.08. The zero-order valence-corrected chi connectivity index (χ0v) is 10.4. The van der Waals surface area contributed by atoms with Crippen LogP contribution >= 0.6 is 15.9 Å². The third-order valence-corrected chi connectivity index (χ3v) is 2.98. The van der Waals surface area contributed by atoms with Crippen LogP contribution in [0.5, 0.6) is 0 Å². The highest BCUT2D eigenvalue weighted by atomic mass is 79.9. The molecule has 0 saturated carbocycles. The Morgan fingerprint density at radius 3 is 2.80 bits per heavy atom. The van der Waals surface area contributed by atoms with Gasteiger partial charge in [-0.15, -0.1) is 0 Å². The van der Waals surface area contributed by atoms with Crippen molar-refractivity contribution in [1.82, 2.24) is 0 Å². The smallest absolute Gasteiger partial charge is 0.307 e. The normalized spacial score (nSPS) is 10.3. The summed E-state index contributed by atoms with van der Waals surface area (Å²) in [5.74, 6) is -0.760. The molecular formula is C12H15BrO2. The van der Waals surface area contributed by atoms with Gasteiger partial charge in [0.2, 0.25) is 0 Å². The number of hydrogen-bond donors (Lipinski definition) is 1. The Labute approximate surface area is 98.4 Å². The SMILES string of the molecule is Cc1cccc(CCCBr)c1CC(=O)O. The van der Waals surface area contributed by atoms with E-state index in [2.05, 4.69) is 15.9 Å². The summed E-state index contributed by atoms with van der Waals surface area (Å²) in [6, 6.07) is 5.98. The van der Waals surface area contributed by atoms with Gasteiger partial charge in [0.15, 0.2) is 0 Å². The maximum atomic E-state index is 10.7. The Morgan fingerprint density at radius 2 is 2.20 bits per heavy atom. The summed E-state index contributed by atoms with van der Waals surface area (Å²) in [5.41, 5.74) is 3.22. The molecule has 0 amide bonds. The average molecular weight is 271 g/mol. The van der Waals surface area contributed by atoms with Crippen LogP contribution in [-0.4, -0.2) is 16.4 Å². The van der Waals surface area contributed by atoms with Crippen LogP contribution in [0.4, 0.5) is 0 Å². The van der Waals surface area contributed by atoms with Crippen molar-refractivity contribution in [3.8, 4) is 0 Å². The van der Waals surface area contributed by atoms with E-state index in [1.54, 1.807) is 0 Å². The third kappa shape index (κ3) is 3.67. The molecule has 15 heavy (non-hydrogen) atoms. The van der Waals surface area contributed by atoms with Crippen LogP contribution in [0.2, 0.25) is 0 Å². The summed E-state index contributed by atoms with van der Waals surface area (Å²) >= 11 is 3.38. The van der Waals surface area contributed by atoms with E-state index >= 15 is 0 Å². The molecule has 0 unspecified atom stereocenters. The first-order valence-electron chi connectivity index (χ1n) is 5.00. The molecule has 3 heteroatoms. The van der Waals surface area contributed by atoms with Gasteiger partial charge in [0.1, 0.15) is 0 Å². The van der Waals surface area contributed by atoms with Crippen LogP contribution < -0.4 is 0 Å². The number of carbonyl (C=O) groups is 1. The monoisotopic (exact) mass is 270 g/mol. The quantitative estimate of drug-likeness (QED) is 0.836. The van der Waals surface area contributed by atoms with Crippen molar-refractivity contribution in [2.24, 2.45) is 0 Å². The van der Waals surface area contributed by atoms with Crippen molar-refractivity contribution < 1.29 is 9.90 Å². The molecule has 1 aromatic carbocycles. The fraction of sp³-hybridized carbons (Fsp3) is 0.417. The second kappa shape index (κ2) is 5.91. The Balaban J connectivity index is 2.92. The standard InChI is InChI=1S/C12H15BrO2/c1-9-4-2-5-10(6-3-7-13)11(9)8-12(14)15/h2,4-5H,3,6-8H2,1H3,(H,14,15). The van der Waals surface area contributed by atoms with Gasteiger partial charge in [-0.05, 0) is 36.5 Å². The summed E-state index contributed by atoms with van der Waals surface area (Å²) < 4.78 is 0. The minimum Gasteiger partial charge on any atom is -0.481 e. The fourth-order valence-corrected chi connectivity index (χ4v) is 1.94. The van der Waals surface area contributed by atoms with Gasteiger partial charge in [-0.2, -0.15) is 0 Å². The third-order valence-electron chi connectivity index (χ3n) is 2.42. The first kappa shape index (κ1) is 12.2. The molecule has 0 saturated heterocycles. The van der Waals surface area contributed by atoms with Crippen LogP contribution in [0.25, 0.3) is 0 Å². The largest absolute Gasteiger partial charge is 0.481 e. The molecule has 0 bridgehead atoms. The topological polar surface area (TPSA) is 37.3 Å². The average Bonchev–Trinajstić information content (AvgIpc) is 2.18. The highest BCUT2D eigenvalue weighted by Crippen LogP contribution is 2.17. The summed E-state index contributed by atoms with van der Waals surface area (Å²) in [4.78, 5) is 10.7. The van der Waals surface area contributed by atoms with Gasteiger partial charge in [-0.1, -0.05) is 34.1 Å². The second-order valence-corrected chi connectivity index (χ2v) is 4.37. The van der Waals surface area contributed by atoms with Gasteiger partial charge in [-0.3, -0.25) is 4.79 Å². The number of carboxylic acid groups (broad SMARTS) is 1. The molecule has 0 radical (unpaired) electrons. The first-order valence-corrected chi connectivity index (χ1v) is 6.12. The van der Waals surface area contributed by atoms with Gasteiger partial charge in [0.05, 0.1) is 6.42 Å². The number of aryl methyl sites for hydroxylation is 2. The van der Waals surface area contributed by atoms with Gasteiger partial charge < -0.3 is 5.11 Å². The fourth-order valence-electron chi connectivity index (χ4n) is 1.66. The van der Waals surface area contributed by atoms with Crippen molar-refractivity contribution in [2.75, 3.05) is 5.33 Å². The van der Waals surface area contributed by atoms with E-state index in [1.165, 1.54) is 0 Å². The molecule has 0 heterocycles. The molecule has 0 spiro atoms. The van der Waals surface area contributed by atoms with E-state index < -0.39 is 5.97 Å². The zero-order valence-electron chi connectivity index (χ0n) is 8.79. The van der Waals surface area contributed by atoms with Crippen LogP contribution in [-0.2, 0) is 17.6 Å². The molecule has 0 aliphatic carbocycles. The molecule has 0 aromatic heterocycles. The Kier molecular flexibility index (Phi) is 4.82. The lowest BCUT2D eigenvalue weighted by Crippen LogP contribution is -2.06. The number of aliphatic carboxylic acids is 1. The zero-order chi connectivity index (χ0) is 11.3. The number of carboxylic acids is 1. The molecule has 1 N–H and O–H groups in total. The van der Waals surface area contributed by atoms with E-state index in [4.69, 9.17) is 5.11 Å². The van der Waals surface area contributed by atoms with Gasteiger partial charge in [-0.25, -0.2) is 0 Å². The first-order chi connectivity index (χ1) is 7.15. The van der Waals surface area contributed by atoms with Crippen molar-refractivity contribution in [1.29, 1.82) is 0 Å². The van der Waals surface area contributed by atoms with Crippen molar-refractivity contribution >= 4 is 21.9 Å². The summed E-state index contributed by atoms with van der Waals surface area (Å²) in [6.45, 7) is 1.97. The van der Waals surface area contributed by atoms with E-state index in [-0.39, 0.29) is 6.42 Å². The molecular weight excluding hydrogens is 256 g/mol. The molecule has 2 nitrogen and oxygen atoms in total. The van der Waals surface area contributed by atoms with E-state index in [0.717, 1.165) is 34.9 Å². The number of benzene rings is 1. The predicted molar refractivity (Wildman–Crippen MR) is 64.6 cm³/mol. The van der Waals surface area contributed by atoms with Crippen molar-refractivity contribution in [3.63, 3.8) is 0 Å². The van der Waals surface area contributed by atoms with Gasteiger partial charge in [0, 0.05) is 5.33 Å². The lowest BCUT2D eigenvalue weighted by atomic mass is 9.96. The molecule has 1 aromatic rings. The summed E-state index contributed by atoms with van der Waals surface area (Å²) in [7, 11) is 0. The molecule has 0 atom stereocenters. The van der Waals surface area contributed by atoms with Crippen molar-refractivity contribution in [2.45, 2.75) is 26.2 Å². The molecule has 0 fully saturated rings. The highest BCUT2D eigenvalue weighted by molar-refractivity contribution is 9.09. The van der Waals surface area contributed by atoms with Crippen LogP contribution in [0.1, 0.15) is 23.1 Å². The van der Waals surface area contributed by atoms with E-state index in [0.29, 0.717) is 0 Å². The lowest BCUT2D eigenvalue weighted by Gasteiger charge is -2.10. The van der Waals surface area contributed by atoms with Crippen LogP contribution in [0.15, 0.2) is 18.2 Å². The van der Waals surface area contributed by atoms with Gasteiger partial charge >= 0.3 is 5.97 Å².